The van der Waals surface area contributed by atoms with Crippen LogP contribution in [0.15, 0.2) is 60.8 Å². The first-order chi connectivity index (χ1) is 10.3. The van der Waals surface area contributed by atoms with Crippen molar-refractivity contribution in [3.05, 3.63) is 66.5 Å². The van der Waals surface area contributed by atoms with Crippen molar-refractivity contribution in [2.75, 3.05) is 11.4 Å². The van der Waals surface area contributed by atoms with Gasteiger partial charge in [-0.2, -0.15) is 0 Å². The Morgan fingerprint density at radius 2 is 1.86 bits per heavy atom. The number of nitrogens with zero attached hydrogens (tertiary/aromatic N) is 2. The first-order valence-electron chi connectivity index (χ1n) is 7.14. The van der Waals surface area contributed by atoms with Crippen LogP contribution in [0, 0.1) is 0 Å². The van der Waals surface area contributed by atoms with Crippen LogP contribution < -0.4 is 4.90 Å². The van der Waals surface area contributed by atoms with E-state index in [0.29, 0.717) is 5.69 Å². The van der Waals surface area contributed by atoms with Crippen molar-refractivity contribution >= 4 is 22.1 Å². The highest BCUT2D eigenvalue weighted by molar-refractivity contribution is 5.96. The number of pyridine rings is 1. The molecule has 0 aliphatic rings. The quantitative estimate of drug-likeness (QED) is 0.786. The minimum Gasteiger partial charge on any atom is -0.390 e. The van der Waals surface area contributed by atoms with Gasteiger partial charge in [0, 0.05) is 29.5 Å². The van der Waals surface area contributed by atoms with Crippen molar-refractivity contribution in [2.45, 2.75) is 13.5 Å². The molecule has 0 saturated heterocycles. The van der Waals surface area contributed by atoms with Crippen LogP contribution in [0.25, 0.3) is 10.8 Å². The zero-order valence-electron chi connectivity index (χ0n) is 12.0. The minimum absolute atomic E-state index is 0.0407. The lowest BCUT2D eigenvalue weighted by atomic mass is 10.1. The van der Waals surface area contributed by atoms with E-state index in [1.807, 2.05) is 12.1 Å². The molecule has 0 amide bonds. The molecular formula is C18H18N2O. The van der Waals surface area contributed by atoms with Crippen molar-refractivity contribution in [1.29, 1.82) is 0 Å². The molecule has 2 aromatic carbocycles. The van der Waals surface area contributed by atoms with Crippen LogP contribution in [-0.2, 0) is 6.61 Å². The topological polar surface area (TPSA) is 36.4 Å². The van der Waals surface area contributed by atoms with Crippen molar-refractivity contribution < 1.29 is 5.11 Å². The van der Waals surface area contributed by atoms with E-state index in [2.05, 4.69) is 59.3 Å². The second-order valence-corrected chi connectivity index (χ2v) is 4.91. The van der Waals surface area contributed by atoms with Gasteiger partial charge in [0.05, 0.1) is 12.3 Å². The number of fused-ring (bicyclic) bond motifs is 1. The molecule has 1 heterocycles. The Bertz CT molecular complexity index is 750. The fourth-order valence-electron chi connectivity index (χ4n) is 2.66. The zero-order valence-corrected chi connectivity index (χ0v) is 12.0. The molecule has 0 unspecified atom stereocenters. The summed E-state index contributed by atoms with van der Waals surface area (Å²) in [4.78, 5) is 6.39. The molecule has 3 aromatic rings. The van der Waals surface area contributed by atoms with Crippen LogP contribution in [0.5, 0.6) is 0 Å². The molecule has 0 aliphatic heterocycles. The van der Waals surface area contributed by atoms with Crippen molar-refractivity contribution in [2.24, 2.45) is 0 Å². The Labute approximate surface area is 124 Å². The average molecular weight is 278 g/mol. The molecule has 106 valence electrons. The van der Waals surface area contributed by atoms with E-state index in [1.54, 1.807) is 6.20 Å². The molecular weight excluding hydrogens is 260 g/mol. The molecule has 0 bridgehead atoms. The molecule has 0 saturated carbocycles. The highest BCUT2D eigenvalue weighted by Gasteiger charge is 2.11. The number of aliphatic hydroxyl groups excluding tert-OH is 1. The summed E-state index contributed by atoms with van der Waals surface area (Å²) >= 11 is 0. The van der Waals surface area contributed by atoms with E-state index in [-0.39, 0.29) is 6.61 Å². The zero-order chi connectivity index (χ0) is 14.7. The van der Waals surface area contributed by atoms with Gasteiger partial charge in [-0.15, -0.1) is 0 Å². The summed E-state index contributed by atoms with van der Waals surface area (Å²) in [6, 6.07) is 18.6. The highest BCUT2D eigenvalue weighted by Crippen LogP contribution is 2.32. The number of anilines is 2. The number of rotatable bonds is 4. The van der Waals surface area contributed by atoms with Gasteiger partial charge in [-0.1, -0.05) is 36.4 Å². The van der Waals surface area contributed by atoms with Gasteiger partial charge in [0.15, 0.2) is 0 Å². The van der Waals surface area contributed by atoms with Crippen LogP contribution in [0.1, 0.15) is 12.6 Å². The Morgan fingerprint density at radius 1 is 1.05 bits per heavy atom. The van der Waals surface area contributed by atoms with Gasteiger partial charge in [0.2, 0.25) is 0 Å². The first kappa shape index (κ1) is 13.6. The predicted octanol–water partition coefficient (Wildman–Crippen LogP) is 3.89. The van der Waals surface area contributed by atoms with Crippen molar-refractivity contribution in [1.82, 2.24) is 4.98 Å². The summed E-state index contributed by atoms with van der Waals surface area (Å²) in [5.41, 5.74) is 2.91. The maximum atomic E-state index is 9.28. The lowest BCUT2D eigenvalue weighted by Gasteiger charge is -2.25. The molecule has 0 fully saturated rings. The predicted molar refractivity (Wildman–Crippen MR) is 86.8 cm³/mol. The summed E-state index contributed by atoms with van der Waals surface area (Å²) < 4.78 is 0. The van der Waals surface area contributed by atoms with Crippen LogP contribution in [0.4, 0.5) is 11.4 Å². The summed E-state index contributed by atoms with van der Waals surface area (Å²) in [6.45, 7) is 2.94. The van der Waals surface area contributed by atoms with E-state index < -0.39 is 0 Å². The normalized spacial score (nSPS) is 10.8. The highest BCUT2D eigenvalue weighted by atomic mass is 16.3. The lowest BCUT2D eigenvalue weighted by Crippen LogP contribution is -2.16. The average Bonchev–Trinajstić information content (AvgIpc) is 2.56. The van der Waals surface area contributed by atoms with E-state index in [4.69, 9.17) is 0 Å². The third kappa shape index (κ3) is 2.60. The Hall–Kier alpha value is -2.39. The summed E-state index contributed by atoms with van der Waals surface area (Å²) in [5.74, 6) is 0. The molecule has 3 nitrogen and oxygen atoms in total. The maximum Gasteiger partial charge on any atom is 0.0853 e. The van der Waals surface area contributed by atoms with E-state index in [1.165, 1.54) is 16.5 Å². The number of hydrogen-bond acceptors (Lipinski definition) is 3. The molecule has 0 atom stereocenters. The van der Waals surface area contributed by atoms with Crippen LogP contribution >= 0.6 is 0 Å². The van der Waals surface area contributed by atoms with Gasteiger partial charge in [0.25, 0.3) is 0 Å². The van der Waals surface area contributed by atoms with Crippen molar-refractivity contribution in [3.8, 4) is 0 Å². The number of hydrogen-bond donors (Lipinski definition) is 1. The second-order valence-electron chi connectivity index (χ2n) is 4.91. The third-order valence-corrected chi connectivity index (χ3v) is 3.65. The summed E-state index contributed by atoms with van der Waals surface area (Å²) in [5, 5.41) is 11.7. The van der Waals surface area contributed by atoms with E-state index >= 15 is 0 Å². The van der Waals surface area contributed by atoms with Crippen LogP contribution in [-0.4, -0.2) is 16.6 Å². The minimum atomic E-state index is -0.0407. The third-order valence-electron chi connectivity index (χ3n) is 3.65. The smallest absolute Gasteiger partial charge is 0.0853 e. The maximum absolute atomic E-state index is 9.28. The van der Waals surface area contributed by atoms with Gasteiger partial charge < -0.3 is 10.0 Å². The fourth-order valence-corrected chi connectivity index (χ4v) is 2.66. The lowest BCUT2D eigenvalue weighted by molar-refractivity contribution is 0.277. The first-order valence-corrected chi connectivity index (χ1v) is 7.14. The molecule has 21 heavy (non-hydrogen) atoms. The standard InChI is InChI=1S/C18H18N2O/c1-2-20(16-10-11-19-15(12-16)13-21)18-9-5-7-14-6-3-4-8-17(14)18/h3-12,21H,2,13H2,1H3. The summed E-state index contributed by atoms with van der Waals surface area (Å²) in [6.07, 6.45) is 1.74. The largest absolute Gasteiger partial charge is 0.390 e. The molecule has 1 aromatic heterocycles. The molecule has 3 heteroatoms. The molecule has 1 N–H and O–H groups in total. The van der Waals surface area contributed by atoms with Gasteiger partial charge in [-0.3, -0.25) is 4.98 Å². The number of benzene rings is 2. The second kappa shape index (κ2) is 5.94. The van der Waals surface area contributed by atoms with Crippen molar-refractivity contribution in [3.63, 3.8) is 0 Å². The van der Waals surface area contributed by atoms with Crippen LogP contribution in [0.2, 0.25) is 0 Å². The molecule has 0 radical (unpaired) electrons. The summed E-state index contributed by atoms with van der Waals surface area (Å²) in [7, 11) is 0. The Balaban J connectivity index is 2.13. The number of aromatic nitrogens is 1. The van der Waals surface area contributed by atoms with Gasteiger partial charge in [0.1, 0.15) is 0 Å². The molecule has 0 spiro atoms. The van der Waals surface area contributed by atoms with E-state index in [9.17, 15) is 5.11 Å². The SMILES string of the molecule is CCN(c1ccnc(CO)c1)c1cccc2ccccc12. The Kier molecular flexibility index (Phi) is 3.84. The van der Waals surface area contributed by atoms with Gasteiger partial charge >= 0.3 is 0 Å². The fraction of sp³-hybridized carbons (Fsp3) is 0.167. The van der Waals surface area contributed by atoms with E-state index in [0.717, 1.165) is 12.2 Å². The van der Waals surface area contributed by atoms with Gasteiger partial charge in [-0.05, 0) is 30.5 Å². The van der Waals surface area contributed by atoms with Gasteiger partial charge in [-0.25, -0.2) is 0 Å². The Morgan fingerprint density at radius 3 is 2.67 bits per heavy atom. The molecule has 0 aliphatic carbocycles. The number of aliphatic hydroxyl groups is 1. The molecule has 3 rings (SSSR count). The monoisotopic (exact) mass is 278 g/mol. The van der Waals surface area contributed by atoms with Crippen LogP contribution in [0.3, 0.4) is 0 Å².